The number of benzene rings is 2. The third-order valence-corrected chi connectivity index (χ3v) is 3.88. The van der Waals surface area contributed by atoms with Gasteiger partial charge in [0.1, 0.15) is 6.07 Å². The monoisotopic (exact) mass is 318 g/mol. The van der Waals surface area contributed by atoms with Gasteiger partial charge in [-0.3, -0.25) is 0 Å². The normalized spacial score (nSPS) is 10.5. The largest absolute Gasteiger partial charge is 0.337 e. The molecule has 1 N–H and O–H groups in total. The van der Waals surface area contributed by atoms with Gasteiger partial charge in [0.05, 0.1) is 11.0 Å². The average molecular weight is 318 g/mol. The van der Waals surface area contributed by atoms with Gasteiger partial charge < -0.3 is 5.32 Å². The summed E-state index contributed by atoms with van der Waals surface area (Å²) in [6, 6.07) is 19.2. The van der Waals surface area contributed by atoms with E-state index >= 15 is 0 Å². The third-order valence-electron chi connectivity index (χ3n) is 3.88. The number of nitrogens with zero attached hydrogens (tertiary/aromatic N) is 3. The molecular weight excluding hydrogens is 300 g/mol. The molecule has 0 bridgehead atoms. The number of amides is 1. The second kappa shape index (κ2) is 7.42. The molecule has 0 radical (unpaired) electrons. The first-order chi connectivity index (χ1) is 11.8. The number of para-hydroxylation sites is 2. The number of nitrogens with one attached hydrogen (secondary N) is 1. The fraction of sp³-hybridized carbons (Fsp3) is 0.211. The fourth-order valence-electron chi connectivity index (χ4n) is 2.68. The lowest BCUT2D eigenvalue weighted by Gasteiger charge is -2.07. The van der Waals surface area contributed by atoms with Crippen molar-refractivity contribution < 1.29 is 4.79 Å². The molecule has 0 atom stereocenters. The molecule has 1 heterocycles. The standard InChI is InChI=1S/C19H18N4O/c20-14-18-22-16-11-4-5-12-17(16)23(18)19(24)21-13-7-6-10-15-8-2-1-3-9-15/h1-5,8-9,11-12H,6-7,10,13H2,(H,21,24). The molecule has 120 valence electrons. The number of nitriles is 1. The maximum Gasteiger partial charge on any atom is 0.328 e. The predicted octanol–water partition coefficient (Wildman–Crippen LogP) is 3.49. The van der Waals surface area contributed by atoms with Crippen LogP contribution in [-0.4, -0.2) is 22.1 Å². The number of carbonyl (C=O) groups excluding carboxylic acids is 1. The molecule has 0 unspecified atom stereocenters. The highest BCUT2D eigenvalue weighted by molar-refractivity contribution is 5.90. The Hall–Kier alpha value is -3.13. The van der Waals surface area contributed by atoms with Crippen LogP contribution in [0.5, 0.6) is 0 Å². The van der Waals surface area contributed by atoms with Crippen molar-refractivity contribution in [2.45, 2.75) is 19.3 Å². The van der Waals surface area contributed by atoms with Gasteiger partial charge in [-0.25, -0.2) is 14.3 Å². The van der Waals surface area contributed by atoms with Crippen LogP contribution in [0, 0.1) is 11.3 Å². The number of imidazole rings is 1. The lowest BCUT2D eigenvalue weighted by molar-refractivity contribution is 0.243. The van der Waals surface area contributed by atoms with Crippen LogP contribution < -0.4 is 5.32 Å². The Labute approximate surface area is 140 Å². The number of rotatable bonds is 5. The van der Waals surface area contributed by atoms with E-state index in [0.717, 1.165) is 19.3 Å². The molecule has 0 spiro atoms. The first-order valence-electron chi connectivity index (χ1n) is 7.99. The molecule has 0 saturated heterocycles. The highest BCUT2D eigenvalue weighted by atomic mass is 16.2. The van der Waals surface area contributed by atoms with Crippen molar-refractivity contribution >= 4 is 17.1 Å². The predicted molar refractivity (Wildman–Crippen MR) is 92.6 cm³/mol. The van der Waals surface area contributed by atoms with Crippen molar-refractivity contribution in [3.05, 3.63) is 66.0 Å². The zero-order chi connectivity index (χ0) is 16.8. The van der Waals surface area contributed by atoms with Gasteiger partial charge in [-0.2, -0.15) is 5.26 Å². The Morgan fingerprint density at radius 1 is 1.08 bits per heavy atom. The van der Waals surface area contributed by atoms with Crippen LogP contribution >= 0.6 is 0 Å². The van der Waals surface area contributed by atoms with Crippen molar-refractivity contribution in [3.63, 3.8) is 0 Å². The van der Waals surface area contributed by atoms with Crippen LogP contribution in [0.1, 0.15) is 24.2 Å². The first-order valence-corrected chi connectivity index (χ1v) is 7.99. The van der Waals surface area contributed by atoms with Crippen molar-refractivity contribution in [3.8, 4) is 6.07 Å². The van der Waals surface area contributed by atoms with Crippen molar-refractivity contribution in [2.75, 3.05) is 6.54 Å². The van der Waals surface area contributed by atoms with Gasteiger partial charge in [-0.1, -0.05) is 42.5 Å². The molecule has 3 aromatic rings. The molecule has 0 aliphatic rings. The minimum absolute atomic E-state index is 0.109. The van der Waals surface area contributed by atoms with Crippen LogP contribution in [0.2, 0.25) is 0 Å². The van der Waals surface area contributed by atoms with E-state index in [1.54, 1.807) is 12.1 Å². The maximum atomic E-state index is 12.4. The first kappa shape index (κ1) is 15.8. The molecule has 5 heteroatoms. The Morgan fingerprint density at radius 2 is 1.83 bits per heavy atom. The molecule has 5 nitrogen and oxygen atoms in total. The lowest BCUT2D eigenvalue weighted by Crippen LogP contribution is -2.30. The summed E-state index contributed by atoms with van der Waals surface area (Å²) in [5.74, 6) is 0.109. The molecule has 0 saturated carbocycles. The Bertz CT molecular complexity index is 877. The highest BCUT2D eigenvalue weighted by Crippen LogP contribution is 2.15. The Morgan fingerprint density at radius 3 is 2.62 bits per heavy atom. The second-order valence-electron chi connectivity index (χ2n) is 5.55. The summed E-state index contributed by atoms with van der Waals surface area (Å²) in [5, 5.41) is 12.1. The van der Waals surface area contributed by atoms with Gasteiger partial charge in [-0.05, 0) is 37.0 Å². The van der Waals surface area contributed by atoms with Crippen molar-refractivity contribution in [1.82, 2.24) is 14.9 Å². The summed E-state index contributed by atoms with van der Waals surface area (Å²) in [5.41, 5.74) is 2.60. The van der Waals surface area contributed by atoms with E-state index in [9.17, 15) is 10.1 Å². The van der Waals surface area contributed by atoms with E-state index in [-0.39, 0.29) is 11.9 Å². The summed E-state index contributed by atoms with van der Waals surface area (Å²) in [6.45, 7) is 0.572. The molecule has 0 aliphatic heterocycles. The lowest BCUT2D eigenvalue weighted by atomic mass is 10.1. The summed E-state index contributed by atoms with van der Waals surface area (Å²) in [6.07, 6.45) is 2.88. The third kappa shape index (κ3) is 3.44. The molecule has 1 aromatic heterocycles. The number of hydrogen-bond acceptors (Lipinski definition) is 3. The quantitative estimate of drug-likeness (QED) is 0.732. The number of carbonyl (C=O) groups is 1. The molecule has 24 heavy (non-hydrogen) atoms. The van der Waals surface area contributed by atoms with Crippen LogP contribution in [0.15, 0.2) is 54.6 Å². The maximum absolute atomic E-state index is 12.4. The van der Waals surface area contributed by atoms with Gasteiger partial charge in [0.2, 0.25) is 5.82 Å². The molecule has 2 aromatic carbocycles. The average Bonchev–Trinajstić information content (AvgIpc) is 3.01. The summed E-state index contributed by atoms with van der Waals surface area (Å²) in [7, 11) is 0. The van der Waals surface area contributed by atoms with E-state index < -0.39 is 0 Å². The molecule has 0 fully saturated rings. The van der Waals surface area contributed by atoms with E-state index in [4.69, 9.17) is 0 Å². The number of hydrogen-bond donors (Lipinski definition) is 1. The van der Waals surface area contributed by atoms with Gasteiger partial charge in [0.25, 0.3) is 0 Å². The number of unbranched alkanes of at least 4 members (excludes halogenated alkanes) is 1. The summed E-state index contributed by atoms with van der Waals surface area (Å²) >= 11 is 0. The summed E-state index contributed by atoms with van der Waals surface area (Å²) in [4.78, 5) is 16.6. The zero-order valence-electron chi connectivity index (χ0n) is 13.3. The number of aromatic nitrogens is 2. The van der Waals surface area contributed by atoms with Gasteiger partial charge in [0, 0.05) is 6.54 Å². The molecule has 3 rings (SSSR count). The molecule has 0 aliphatic carbocycles. The smallest absolute Gasteiger partial charge is 0.328 e. The minimum Gasteiger partial charge on any atom is -0.337 e. The minimum atomic E-state index is -0.306. The van der Waals surface area contributed by atoms with E-state index in [1.807, 2.05) is 36.4 Å². The highest BCUT2D eigenvalue weighted by Gasteiger charge is 2.15. The topological polar surface area (TPSA) is 70.7 Å². The van der Waals surface area contributed by atoms with Gasteiger partial charge in [0.15, 0.2) is 0 Å². The number of aryl methyl sites for hydroxylation is 1. The summed E-state index contributed by atoms with van der Waals surface area (Å²) < 4.78 is 1.34. The van der Waals surface area contributed by atoms with Gasteiger partial charge >= 0.3 is 6.03 Å². The van der Waals surface area contributed by atoms with Crippen LogP contribution in [0.25, 0.3) is 11.0 Å². The van der Waals surface area contributed by atoms with Crippen LogP contribution in [-0.2, 0) is 6.42 Å². The Balaban J connectivity index is 1.57. The van der Waals surface area contributed by atoms with Crippen molar-refractivity contribution in [1.29, 1.82) is 5.26 Å². The van der Waals surface area contributed by atoms with Crippen LogP contribution in [0.4, 0.5) is 4.79 Å². The number of fused-ring (bicyclic) bond motifs is 1. The van der Waals surface area contributed by atoms with E-state index in [0.29, 0.717) is 17.6 Å². The van der Waals surface area contributed by atoms with E-state index in [1.165, 1.54) is 10.1 Å². The SMILES string of the molecule is N#Cc1nc2ccccc2n1C(=O)NCCCCc1ccccc1. The van der Waals surface area contributed by atoms with Crippen LogP contribution in [0.3, 0.4) is 0 Å². The van der Waals surface area contributed by atoms with E-state index in [2.05, 4.69) is 22.4 Å². The Kier molecular flexibility index (Phi) is 4.87. The fourth-order valence-corrected chi connectivity index (χ4v) is 2.68. The molecule has 1 amide bonds. The second-order valence-corrected chi connectivity index (χ2v) is 5.55. The van der Waals surface area contributed by atoms with Gasteiger partial charge in [-0.15, -0.1) is 0 Å². The van der Waals surface area contributed by atoms with Crippen molar-refractivity contribution in [2.24, 2.45) is 0 Å². The molecular formula is C19H18N4O. The zero-order valence-corrected chi connectivity index (χ0v) is 13.3.